The predicted octanol–water partition coefficient (Wildman–Crippen LogP) is 3.24. The molecule has 92 valence electrons. The Morgan fingerprint density at radius 2 is 2.06 bits per heavy atom. The normalized spacial score (nSPS) is 23.1. The van der Waals surface area contributed by atoms with Crippen molar-refractivity contribution in [1.82, 2.24) is 0 Å². The van der Waals surface area contributed by atoms with Crippen molar-refractivity contribution < 1.29 is 9.90 Å². The first-order valence-electron chi connectivity index (χ1n) is 5.65. The molecule has 0 fully saturated rings. The van der Waals surface area contributed by atoms with Gasteiger partial charge in [-0.3, -0.25) is 4.79 Å². The van der Waals surface area contributed by atoms with Crippen LogP contribution in [0.15, 0.2) is 66.3 Å². The van der Waals surface area contributed by atoms with Crippen LogP contribution in [-0.2, 0) is 0 Å². The van der Waals surface area contributed by atoms with Crippen LogP contribution in [0, 0.1) is 0 Å². The molecule has 0 heterocycles. The maximum atomic E-state index is 11.8. The minimum Gasteiger partial charge on any atom is -0.371 e. The number of benzene rings is 1. The molecule has 1 unspecified atom stereocenters. The van der Waals surface area contributed by atoms with Gasteiger partial charge in [-0.25, -0.2) is 0 Å². The van der Waals surface area contributed by atoms with Gasteiger partial charge in [0, 0.05) is 12.0 Å². The van der Waals surface area contributed by atoms with Gasteiger partial charge in [-0.05, 0) is 17.7 Å². The highest BCUT2D eigenvalue weighted by Gasteiger charge is 2.20. The highest BCUT2D eigenvalue weighted by molar-refractivity contribution is 6.24. The maximum Gasteiger partial charge on any atom is 0.185 e. The summed E-state index contributed by atoms with van der Waals surface area (Å²) < 4.78 is 0. The number of alkyl halides is 1. The average Bonchev–Trinajstić information content (AvgIpc) is 2.38. The van der Waals surface area contributed by atoms with Crippen LogP contribution in [0.1, 0.15) is 16.8 Å². The van der Waals surface area contributed by atoms with Crippen LogP contribution in [0.3, 0.4) is 0 Å². The summed E-state index contributed by atoms with van der Waals surface area (Å²) in [4.78, 5) is 11.8. The molecule has 18 heavy (non-hydrogen) atoms. The molecular formula is C15H13ClO2. The molecule has 3 heteroatoms. The van der Waals surface area contributed by atoms with E-state index in [2.05, 4.69) is 0 Å². The fraction of sp³-hybridized carbons (Fsp3) is 0.133. The number of ketones is 1. The molecule has 0 saturated carbocycles. The molecule has 0 radical (unpaired) electrons. The zero-order chi connectivity index (χ0) is 13.0. The number of carbonyl (C=O) groups excluding carboxylic acids is 1. The lowest BCUT2D eigenvalue weighted by molar-refractivity contribution is 0.104. The van der Waals surface area contributed by atoms with Gasteiger partial charge >= 0.3 is 0 Å². The first-order valence-corrected chi connectivity index (χ1v) is 6.03. The van der Waals surface area contributed by atoms with Crippen molar-refractivity contribution in [2.24, 2.45) is 0 Å². The highest BCUT2D eigenvalue weighted by Crippen LogP contribution is 2.24. The predicted molar refractivity (Wildman–Crippen MR) is 72.6 cm³/mol. The number of hydrogen-bond donors (Lipinski definition) is 1. The third-order valence-corrected chi connectivity index (χ3v) is 2.92. The Bertz CT molecular complexity index is 525. The monoisotopic (exact) mass is 260 g/mol. The van der Waals surface area contributed by atoms with E-state index in [4.69, 9.17) is 11.6 Å². The summed E-state index contributed by atoms with van der Waals surface area (Å²) in [6.07, 6.45) is 8.58. The number of halogens is 1. The minimum atomic E-state index is -1.29. The largest absolute Gasteiger partial charge is 0.371 e. The first-order chi connectivity index (χ1) is 8.57. The molecule has 1 aliphatic rings. The van der Waals surface area contributed by atoms with Gasteiger partial charge in [0.25, 0.3) is 0 Å². The number of hydrogen-bond acceptors (Lipinski definition) is 2. The quantitative estimate of drug-likeness (QED) is 0.515. The molecular weight excluding hydrogens is 248 g/mol. The van der Waals surface area contributed by atoms with Gasteiger partial charge in [-0.1, -0.05) is 60.2 Å². The van der Waals surface area contributed by atoms with E-state index in [1.807, 2.05) is 18.2 Å². The number of aliphatic hydroxyl groups is 1. The molecule has 1 atom stereocenters. The van der Waals surface area contributed by atoms with Crippen LogP contribution in [-0.4, -0.2) is 16.0 Å². The smallest absolute Gasteiger partial charge is 0.185 e. The molecule has 2 rings (SSSR count). The van der Waals surface area contributed by atoms with Crippen molar-refractivity contribution in [1.29, 1.82) is 0 Å². The molecule has 0 amide bonds. The summed E-state index contributed by atoms with van der Waals surface area (Å²) >= 11 is 5.73. The molecule has 0 aromatic heterocycles. The van der Waals surface area contributed by atoms with Gasteiger partial charge in [-0.15, -0.1) is 0 Å². The van der Waals surface area contributed by atoms with Crippen LogP contribution in [0.4, 0.5) is 0 Å². The van der Waals surface area contributed by atoms with Crippen LogP contribution < -0.4 is 0 Å². The summed E-state index contributed by atoms with van der Waals surface area (Å²) in [5.41, 5.74) is 1.52. The van der Waals surface area contributed by atoms with E-state index in [1.54, 1.807) is 30.4 Å². The lowest BCUT2D eigenvalue weighted by Gasteiger charge is -2.17. The van der Waals surface area contributed by atoms with E-state index in [9.17, 15) is 9.90 Å². The molecule has 0 saturated heterocycles. The zero-order valence-electron chi connectivity index (χ0n) is 9.71. The molecule has 1 aromatic rings. The number of rotatable bonds is 3. The summed E-state index contributed by atoms with van der Waals surface area (Å²) in [6.45, 7) is 0. The number of carbonyl (C=O) groups is 1. The van der Waals surface area contributed by atoms with E-state index in [-0.39, 0.29) is 5.78 Å². The highest BCUT2D eigenvalue weighted by atomic mass is 35.5. The second kappa shape index (κ2) is 5.34. The first kappa shape index (κ1) is 12.8. The van der Waals surface area contributed by atoms with Crippen molar-refractivity contribution in [3.05, 3.63) is 71.8 Å². The SMILES string of the molecule is O=C(C=CC1=CCC(O)(Cl)C=C1)c1ccccc1. The van der Waals surface area contributed by atoms with E-state index in [1.165, 1.54) is 12.2 Å². The zero-order valence-corrected chi connectivity index (χ0v) is 10.5. The standard InChI is InChI=1S/C15H13ClO2/c16-15(18)10-8-12(9-11-15)6-7-14(17)13-4-2-1-3-5-13/h1-10,18H,11H2. The Balaban J connectivity index is 2.03. The third-order valence-electron chi connectivity index (χ3n) is 2.64. The molecule has 1 N–H and O–H groups in total. The summed E-state index contributed by atoms with van der Waals surface area (Å²) in [5, 5.41) is 8.20. The minimum absolute atomic E-state index is 0.0448. The van der Waals surface area contributed by atoms with E-state index >= 15 is 0 Å². The van der Waals surface area contributed by atoms with E-state index in [0.717, 1.165) is 5.57 Å². The van der Waals surface area contributed by atoms with Gasteiger partial charge in [-0.2, -0.15) is 0 Å². The van der Waals surface area contributed by atoms with Crippen molar-refractivity contribution in [3.8, 4) is 0 Å². The summed E-state index contributed by atoms with van der Waals surface area (Å²) in [6, 6.07) is 9.07. The van der Waals surface area contributed by atoms with E-state index in [0.29, 0.717) is 12.0 Å². The second-order valence-electron chi connectivity index (χ2n) is 4.12. The van der Waals surface area contributed by atoms with Crippen molar-refractivity contribution in [2.45, 2.75) is 11.5 Å². The Kier molecular flexibility index (Phi) is 3.80. The topological polar surface area (TPSA) is 37.3 Å². The maximum absolute atomic E-state index is 11.8. The Morgan fingerprint density at radius 3 is 2.67 bits per heavy atom. The average molecular weight is 261 g/mol. The number of allylic oxidation sites excluding steroid dienone is 4. The van der Waals surface area contributed by atoms with Gasteiger partial charge in [0.1, 0.15) is 0 Å². The Morgan fingerprint density at radius 1 is 1.33 bits per heavy atom. The van der Waals surface area contributed by atoms with Crippen molar-refractivity contribution >= 4 is 17.4 Å². The molecule has 2 nitrogen and oxygen atoms in total. The summed E-state index contributed by atoms with van der Waals surface area (Å²) in [5.74, 6) is -0.0448. The van der Waals surface area contributed by atoms with Gasteiger partial charge in [0.05, 0.1) is 0 Å². The van der Waals surface area contributed by atoms with Crippen LogP contribution in [0.25, 0.3) is 0 Å². The molecule has 0 spiro atoms. The molecule has 0 aliphatic heterocycles. The fourth-order valence-corrected chi connectivity index (χ4v) is 1.76. The van der Waals surface area contributed by atoms with Crippen molar-refractivity contribution in [2.75, 3.05) is 0 Å². The molecule has 1 aromatic carbocycles. The lowest BCUT2D eigenvalue weighted by Crippen LogP contribution is -2.17. The molecule has 0 bridgehead atoms. The van der Waals surface area contributed by atoms with Gasteiger partial charge in [0.2, 0.25) is 0 Å². The fourth-order valence-electron chi connectivity index (χ4n) is 1.62. The van der Waals surface area contributed by atoms with Crippen LogP contribution >= 0.6 is 11.6 Å². The molecule has 1 aliphatic carbocycles. The second-order valence-corrected chi connectivity index (χ2v) is 4.78. The van der Waals surface area contributed by atoms with Gasteiger partial charge in [0.15, 0.2) is 10.8 Å². The Labute approximate surface area is 111 Å². The summed E-state index contributed by atoms with van der Waals surface area (Å²) in [7, 11) is 0. The van der Waals surface area contributed by atoms with Crippen molar-refractivity contribution in [3.63, 3.8) is 0 Å². The third kappa shape index (κ3) is 3.42. The lowest BCUT2D eigenvalue weighted by atomic mass is 10.0. The van der Waals surface area contributed by atoms with E-state index < -0.39 is 5.06 Å². The van der Waals surface area contributed by atoms with Crippen LogP contribution in [0.2, 0.25) is 0 Å². The van der Waals surface area contributed by atoms with Crippen LogP contribution in [0.5, 0.6) is 0 Å². The Hall–Kier alpha value is -1.64. The van der Waals surface area contributed by atoms with Gasteiger partial charge < -0.3 is 5.11 Å².